The molecule has 0 fully saturated rings. The first kappa shape index (κ1) is 13.1. The highest BCUT2D eigenvalue weighted by atomic mass is 28.1. The van der Waals surface area contributed by atoms with Crippen molar-refractivity contribution in [2.75, 3.05) is 26.8 Å². The number of rotatable bonds is 8. The van der Waals surface area contributed by atoms with Crippen LogP contribution in [0.5, 0.6) is 0 Å². The summed E-state index contributed by atoms with van der Waals surface area (Å²) in [5.41, 5.74) is -0.250. The van der Waals surface area contributed by atoms with Crippen LogP contribution < -0.4 is 5.32 Å². The molecule has 0 bridgehead atoms. The Labute approximate surface area is 84.6 Å². The van der Waals surface area contributed by atoms with Gasteiger partial charge in [-0.3, -0.25) is 0 Å². The summed E-state index contributed by atoms with van der Waals surface area (Å²) in [5, 5.41) is 3.13. The zero-order valence-electron chi connectivity index (χ0n) is 9.35. The van der Waals surface area contributed by atoms with Crippen LogP contribution >= 0.6 is 0 Å². The zero-order valence-corrected chi connectivity index (χ0v) is 11.4. The summed E-state index contributed by atoms with van der Waals surface area (Å²) in [6.07, 6.45) is 2.11. The molecule has 4 heteroatoms. The van der Waals surface area contributed by atoms with Gasteiger partial charge in [-0.05, 0) is 40.3 Å². The maximum Gasteiger partial charge on any atom is 0.141 e. The fourth-order valence-corrected chi connectivity index (χ4v) is 2.31. The van der Waals surface area contributed by atoms with Gasteiger partial charge in [0.05, 0.1) is 10.2 Å². The third kappa shape index (κ3) is 6.21. The van der Waals surface area contributed by atoms with Gasteiger partial charge in [0, 0.05) is 13.2 Å². The number of ether oxygens (including phenoxy) is 2. The molecule has 0 saturated heterocycles. The Bertz CT molecular complexity index is 116. The maximum atomic E-state index is 5.63. The average molecular weight is 205 g/mol. The number of hydrogen-bond acceptors (Lipinski definition) is 3. The van der Waals surface area contributed by atoms with Crippen LogP contribution in [-0.4, -0.2) is 42.5 Å². The van der Waals surface area contributed by atoms with Gasteiger partial charge in [-0.25, -0.2) is 0 Å². The van der Waals surface area contributed by atoms with Crippen molar-refractivity contribution < 1.29 is 9.47 Å². The van der Waals surface area contributed by atoms with E-state index in [9.17, 15) is 0 Å². The molecule has 0 heterocycles. The molecule has 0 amide bonds. The molecule has 0 aliphatic heterocycles. The van der Waals surface area contributed by atoms with Gasteiger partial charge in [0.25, 0.3) is 0 Å². The van der Waals surface area contributed by atoms with Crippen molar-refractivity contribution in [2.24, 2.45) is 0 Å². The van der Waals surface area contributed by atoms with Crippen molar-refractivity contribution in [3.8, 4) is 0 Å². The van der Waals surface area contributed by atoms with Crippen LogP contribution in [0.4, 0.5) is 0 Å². The molecule has 1 N–H and O–H groups in total. The quantitative estimate of drug-likeness (QED) is 0.346. The van der Waals surface area contributed by atoms with Crippen molar-refractivity contribution in [2.45, 2.75) is 32.1 Å². The number of hydrogen-bond donors (Lipinski definition) is 1. The molecule has 0 aliphatic rings. The van der Waals surface area contributed by atoms with E-state index in [1.165, 1.54) is 0 Å². The van der Waals surface area contributed by atoms with Crippen LogP contribution in [0.25, 0.3) is 0 Å². The maximum absolute atomic E-state index is 5.63. The van der Waals surface area contributed by atoms with Gasteiger partial charge < -0.3 is 14.8 Å². The van der Waals surface area contributed by atoms with E-state index in [4.69, 9.17) is 9.47 Å². The second-order valence-corrected chi connectivity index (χ2v) is 4.73. The first-order valence-electron chi connectivity index (χ1n) is 5.11. The van der Waals surface area contributed by atoms with Crippen LogP contribution in [0.15, 0.2) is 0 Å². The van der Waals surface area contributed by atoms with Crippen LogP contribution in [0.1, 0.15) is 26.7 Å². The van der Waals surface area contributed by atoms with Gasteiger partial charge in [-0.15, -0.1) is 0 Å². The normalized spacial score (nSPS) is 12.2. The van der Waals surface area contributed by atoms with Crippen molar-refractivity contribution in [3.05, 3.63) is 0 Å². The Morgan fingerprint density at radius 3 is 2.15 bits per heavy atom. The molecule has 0 rings (SSSR count). The second-order valence-electron chi connectivity index (χ2n) is 3.21. The Hall–Kier alpha value is 0.0969. The summed E-state index contributed by atoms with van der Waals surface area (Å²) >= 11 is 0. The lowest BCUT2D eigenvalue weighted by Gasteiger charge is -2.29. The molecule has 0 spiro atoms. The van der Waals surface area contributed by atoms with Gasteiger partial charge >= 0.3 is 0 Å². The van der Waals surface area contributed by atoms with E-state index in [1.807, 2.05) is 20.9 Å². The lowest BCUT2D eigenvalue weighted by molar-refractivity contribution is -0.177. The van der Waals surface area contributed by atoms with Gasteiger partial charge in [-0.2, -0.15) is 0 Å². The molecule has 0 radical (unpaired) electrons. The molecule has 0 aromatic carbocycles. The minimum Gasteiger partial charge on any atom is -0.355 e. The smallest absolute Gasteiger partial charge is 0.141 e. The summed E-state index contributed by atoms with van der Waals surface area (Å²) in [6.45, 7) is 6.55. The van der Waals surface area contributed by atoms with Crippen molar-refractivity contribution >= 4 is 10.2 Å². The van der Waals surface area contributed by atoms with Gasteiger partial charge in [-0.1, -0.05) is 0 Å². The van der Waals surface area contributed by atoms with Crippen molar-refractivity contribution in [1.29, 1.82) is 0 Å². The fraction of sp³-hybridized carbons (Fsp3) is 1.00. The van der Waals surface area contributed by atoms with E-state index in [0.717, 1.165) is 42.8 Å². The van der Waals surface area contributed by atoms with Gasteiger partial charge in [0.15, 0.2) is 0 Å². The molecule has 0 aromatic rings. The molecule has 13 heavy (non-hydrogen) atoms. The summed E-state index contributed by atoms with van der Waals surface area (Å²) in [5.74, 6) is 0. The summed E-state index contributed by atoms with van der Waals surface area (Å²) in [7, 11) is 2.90. The Kier molecular flexibility index (Phi) is 7.55. The van der Waals surface area contributed by atoms with E-state index < -0.39 is 0 Å². The molecule has 0 aromatic heterocycles. The lowest BCUT2D eigenvalue weighted by atomic mass is 10.3. The van der Waals surface area contributed by atoms with Crippen LogP contribution in [0.3, 0.4) is 0 Å². The molecule has 80 valence electrons. The third-order valence-electron chi connectivity index (χ3n) is 1.96. The Morgan fingerprint density at radius 2 is 1.77 bits per heavy atom. The summed E-state index contributed by atoms with van der Waals surface area (Å²) in [6, 6.07) is 0. The van der Waals surface area contributed by atoms with Crippen LogP contribution in [0.2, 0.25) is 0 Å². The van der Waals surface area contributed by atoms with E-state index in [0.29, 0.717) is 0 Å². The first-order chi connectivity index (χ1) is 6.18. The monoisotopic (exact) mass is 205 g/mol. The van der Waals surface area contributed by atoms with Crippen molar-refractivity contribution in [3.63, 3.8) is 0 Å². The zero-order chi connectivity index (χ0) is 10.2. The summed E-state index contributed by atoms with van der Waals surface area (Å²) < 4.78 is 11.3. The number of nitrogens with one attached hydrogen (secondary N) is 1. The SMILES string of the molecule is CCOC([SiH3])(CCCNC)OCC. The predicted octanol–water partition coefficient (Wildman–Crippen LogP) is 0.0782. The minimum atomic E-state index is -0.250. The molecule has 0 atom stereocenters. The van der Waals surface area contributed by atoms with Gasteiger partial charge in [0.2, 0.25) is 0 Å². The highest BCUT2D eigenvalue weighted by Crippen LogP contribution is 2.15. The van der Waals surface area contributed by atoms with E-state index >= 15 is 0 Å². The topological polar surface area (TPSA) is 30.5 Å². The minimum absolute atomic E-state index is 0.250. The van der Waals surface area contributed by atoms with Crippen molar-refractivity contribution in [1.82, 2.24) is 5.32 Å². The standard InChI is InChI=1S/C9H23NO2Si/c1-4-11-9(13,12-5-2)7-6-8-10-3/h10H,4-8H2,1-3,13H3. The predicted molar refractivity (Wildman–Crippen MR) is 59.1 cm³/mol. The Morgan fingerprint density at radius 1 is 1.23 bits per heavy atom. The van der Waals surface area contributed by atoms with E-state index in [-0.39, 0.29) is 5.41 Å². The molecule has 3 nitrogen and oxygen atoms in total. The van der Waals surface area contributed by atoms with Crippen LogP contribution in [0, 0.1) is 0 Å². The fourth-order valence-electron chi connectivity index (χ4n) is 1.38. The van der Waals surface area contributed by atoms with E-state index in [1.54, 1.807) is 0 Å². The second kappa shape index (κ2) is 7.50. The lowest BCUT2D eigenvalue weighted by Crippen LogP contribution is -2.37. The third-order valence-corrected chi connectivity index (χ3v) is 3.03. The molecule has 0 unspecified atom stereocenters. The highest BCUT2D eigenvalue weighted by molar-refractivity contribution is 6.13. The van der Waals surface area contributed by atoms with E-state index in [2.05, 4.69) is 5.32 Å². The summed E-state index contributed by atoms with van der Waals surface area (Å²) in [4.78, 5) is 0. The largest absolute Gasteiger partial charge is 0.355 e. The molecule has 0 saturated carbocycles. The molecular formula is C9H23NO2Si. The van der Waals surface area contributed by atoms with Gasteiger partial charge in [0.1, 0.15) is 5.41 Å². The molecule has 0 aliphatic carbocycles. The molecular weight excluding hydrogens is 182 g/mol. The average Bonchev–Trinajstić information content (AvgIpc) is 2.05. The first-order valence-corrected chi connectivity index (χ1v) is 6.11. The van der Waals surface area contributed by atoms with Crippen LogP contribution in [-0.2, 0) is 9.47 Å². The Balaban J connectivity index is 3.76. The highest BCUT2D eigenvalue weighted by Gasteiger charge is 2.23.